The first-order valence-corrected chi connectivity index (χ1v) is 10.2. The second kappa shape index (κ2) is 8.95. The third kappa shape index (κ3) is 5.96. The Labute approximate surface area is 188 Å². The number of anilines is 1. The van der Waals surface area contributed by atoms with E-state index in [2.05, 4.69) is 15.3 Å². The first-order chi connectivity index (χ1) is 15.2. The van der Waals surface area contributed by atoms with Crippen molar-refractivity contribution in [3.63, 3.8) is 0 Å². The molecule has 3 rings (SSSR count). The second-order valence-electron chi connectivity index (χ2n) is 8.87. The molecule has 1 saturated heterocycles. The maximum absolute atomic E-state index is 13.4. The molecule has 2 amide bonds. The number of alkyl halides is 3. The van der Waals surface area contributed by atoms with Gasteiger partial charge in [-0.05, 0) is 51.8 Å². The lowest BCUT2D eigenvalue weighted by Crippen LogP contribution is -2.45. The number of rotatable bonds is 3. The number of carbonyl (C=O) groups is 2. The van der Waals surface area contributed by atoms with Crippen LogP contribution in [0, 0.1) is 18.7 Å². The van der Waals surface area contributed by atoms with Crippen molar-refractivity contribution < 1.29 is 31.9 Å². The van der Waals surface area contributed by atoms with E-state index in [1.165, 1.54) is 6.07 Å². The highest BCUT2D eigenvalue weighted by atomic mass is 19.4. The van der Waals surface area contributed by atoms with Gasteiger partial charge in [0, 0.05) is 17.8 Å². The van der Waals surface area contributed by atoms with E-state index in [9.17, 15) is 27.2 Å². The van der Waals surface area contributed by atoms with Crippen molar-refractivity contribution in [2.24, 2.45) is 5.92 Å². The van der Waals surface area contributed by atoms with Crippen molar-refractivity contribution in [2.75, 3.05) is 11.9 Å². The maximum atomic E-state index is 13.4. The predicted octanol–water partition coefficient (Wildman–Crippen LogP) is 4.72. The third-order valence-corrected chi connectivity index (χ3v) is 5.06. The van der Waals surface area contributed by atoms with E-state index in [1.54, 1.807) is 39.8 Å². The summed E-state index contributed by atoms with van der Waals surface area (Å²) >= 11 is 0. The van der Waals surface area contributed by atoms with Crippen LogP contribution in [0.3, 0.4) is 0 Å². The summed E-state index contributed by atoms with van der Waals surface area (Å²) < 4.78 is 58.4. The van der Waals surface area contributed by atoms with Crippen LogP contribution < -0.4 is 5.32 Å². The summed E-state index contributed by atoms with van der Waals surface area (Å²) in [6.45, 7) is 5.86. The van der Waals surface area contributed by atoms with Crippen LogP contribution in [-0.4, -0.2) is 51.2 Å². The summed E-state index contributed by atoms with van der Waals surface area (Å²) in [5.74, 6) is -3.01. The fourth-order valence-corrected chi connectivity index (χ4v) is 3.46. The van der Waals surface area contributed by atoms with E-state index in [4.69, 9.17) is 4.74 Å². The van der Waals surface area contributed by atoms with E-state index in [0.717, 1.165) is 22.9 Å². The van der Waals surface area contributed by atoms with Gasteiger partial charge < -0.3 is 10.1 Å². The number of aryl methyl sites for hydroxylation is 1. The molecule has 11 heteroatoms. The lowest BCUT2D eigenvalue weighted by molar-refractivity contribution is -0.170. The van der Waals surface area contributed by atoms with Gasteiger partial charge >= 0.3 is 12.3 Å². The Bertz CT molecular complexity index is 1040. The Hall–Kier alpha value is -3.24. The number of nitrogens with one attached hydrogen (secondary N) is 1. The van der Waals surface area contributed by atoms with Crippen LogP contribution in [0.2, 0.25) is 0 Å². The fourth-order valence-electron chi connectivity index (χ4n) is 3.46. The molecule has 7 nitrogen and oxygen atoms in total. The number of carbonyl (C=O) groups excluding carboxylic acids is 2. The molecule has 0 aliphatic carbocycles. The highest BCUT2D eigenvalue weighted by molar-refractivity contribution is 5.97. The number of likely N-dealkylation sites (tertiary alicyclic amines) is 1. The SMILES string of the molecule is Cc1ccc(NC(=O)[C@H]2C[C@@H](C(F)(F)F)CN2C(=O)OC(C)(C)C)cc1-c1ncc(F)cn1. The molecule has 1 aliphatic heterocycles. The van der Waals surface area contributed by atoms with Crippen molar-refractivity contribution in [1.82, 2.24) is 14.9 Å². The van der Waals surface area contributed by atoms with E-state index in [0.29, 0.717) is 5.56 Å². The molecule has 1 aliphatic rings. The van der Waals surface area contributed by atoms with Crippen LogP contribution in [0.5, 0.6) is 0 Å². The smallest absolute Gasteiger partial charge is 0.410 e. The van der Waals surface area contributed by atoms with Gasteiger partial charge in [-0.3, -0.25) is 9.69 Å². The van der Waals surface area contributed by atoms with Gasteiger partial charge in [0.1, 0.15) is 11.6 Å². The molecule has 0 radical (unpaired) electrons. The van der Waals surface area contributed by atoms with Gasteiger partial charge in [-0.1, -0.05) is 6.07 Å². The number of amides is 2. The Morgan fingerprint density at radius 1 is 1.15 bits per heavy atom. The van der Waals surface area contributed by atoms with Gasteiger partial charge in [0.2, 0.25) is 5.91 Å². The van der Waals surface area contributed by atoms with Gasteiger partial charge in [-0.2, -0.15) is 13.2 Å². The summed E-state index contributed by atoms with van der Waals surface area (Å²) in [6.07, 6.45) is -4.12. The van der Waals surface area contributed by atoms with Crippen LogP contribution in [0.15, 0.2) is 30.6 Å². The van der Waals surface area contributed by atoms with E-state index < -0.39 is 54.5 Å². The molecule has 1 N–H and O–H groups in total. The van der Waals surface area contributed by atoms with Crippen molar-refractivity contribution in [1.29, 1.82) is 0 Å². The Balaban J connectivity index is 1.84. The van der Waals surface area contributed by atoms with E-state index in [1.807, 2.05) is 0 Å². The minimum atomic E-state index is -4.56. The zero-order chi connectivity index (χ0) is 24.6. The topological polar surface area (TPSA) is 84.4 Å². The normalized spacial score (nSPS) is 18.8. The first kappa shape index (κ1) is 24.4. The molecule has 33 heavy (non-hydrogen) atoms. The van der Waals surface area contributed by atoms with Gasteiger partial charge in [-0.25, -0.2) is 19.2 Å². The summed E-state index contributed by atoms with van der Waals surface area (Å²) in [5.41, 5.74) is 0.590. The summed E-state index contributed by atoms with van der Waals surface area (Å²) in [6, 6.07) is 3.40. The zero-order valence-corrected chi connectivity index (χ0v) is 18.5. The van der Waals surface area contributed by atoms with Crippen LogP contribution in [0.4, 0.5) is 28.0 Å². The number of benzene rings is 1. The largest absolute Gasteiger partial charge is 0.444 e. The number of halogens is 4. The molecule has 2 heterocycles. The van der Waals surface area contributed by atoms with E-state index >= 15 is 0 Å². The number of aromatic nitrogens is 2. The molecule has 1 aromatic heterocycles. The molecule has 178 valence electrons. The molecule has 0 unspecified atom stereocenters. The lowest BCUT2D eigenvalue weighted by Gasteiger charge is -2.28. The summed E-state index contributed by atoms with van der Waals surface area (Å²) in [7, 11) is 0. The summed E-state index contributed by atoms with van der Waals surface area (Å²) in [5, 5.41) is 2.57. The molecule has 0 bridgehead atoms. The fraction of sp³-hybridized carbons (Fsp3) is 0.455. The van der Waals surface area contributed by atoms with Crippen molar-refractivity contribution in [3.8, 4) is 11.4 Å². The highest BCUT2D eigenvalue weighted by Gasteiger charge is 2.51. The molecule has 1 aromatic carbocycles. The summed E-state index contributed by atoms with van der Waals surface area (Å²) in [4.78, 5) is 34.1. The van der Waals surface area contributed by atoms with Gasteiger partial charge in [0.25, 0.3) is 0 Å². The Morgan fingerprint density at radius 3 is 2.36 bits per heavy atom. The number of hydrogen-bond donors (Lipinski definition) is 1. The Kier molecular flexibility index (Phi) is 6.62. The average Bonchev–Trinajstić information content (AvgIpc) is 3.15. The van der Waals surface area contributed by atoms with Crippen LogP contribution >= 0.6 is 0 Å². The van der Waals surface area contributed by atoms with E-state index in [-0.39, 0.29) is 11.5 Å². The number of hydrogen-bond acceptors (Lipinski definition) is 5. The highest BCUT2D eigenvalue weighted by Crippen LogP contribution is 2.37. The van der Waals surface area contributed by atoms with Crippen LogP contribution in [-0.2, 0) is 9.53 Å². The molecule has 0 saturated carbocycles. The molecule has 1 fully saturated rings. The quantitative estimate of drug-likeness (QED) is 0.660. The van der Waals surface area contributed by atoms with Crippen molar-refractivity contribution >= 4 is 17.7 Å². The average molecular weight is 468 g/mol. The molecular formula is C22H24F4N4O3. The van der Waals surface area contributed by atoms with Crippen LogP contribution in [0.1, 0.15) is 32.8 Å². The standard InChI is InChI=1S/C22H24F4N4O3/c1-12-5-6-15(8-16(12)18-27-9-14(23)10-28-18)29-19(31)17-7-13(22(24,25)26)11-30(17)20(32)33-21(2,3)4/h5-6,8-10,13,17H,7,11H2,1-4H3,(H,29,31)/t13-,17-/m1/s1. The molecular weight excluding hydrogens is 444 g/mol. The Morgan fingerprint density at radius 2 is 1.79 bits per heavy atom. The zero-order valence-electron chi connectivity index (χ0n) is 18.5. The monoisotopic (exact) mass is 468 g/mol. The number of nitrogens with zero attached hydrogens (tertiary/aromatic N) is 3. The first-order valence-electron chi connectivity index (χ1n) is 10.2. The van der Waals surface area contributed by atoms with Crippen molar-refractivity contribution in [2.45, 2.75) is 51.9 Å². The molecule has 0 spiro atoms. The number of ether oxygens (including phenoxy) is 1. The molecule has 2 aromatic rings. The second-order valence-corrected chi connectivity index (χ2v) is 8.87. The van der Waals surface area contributed by atoms with Gasteiger partial charge in [-0.15, -0.1) is 0 Å². The van der Waals surface area contributed by atoms with Crippen LogP contribution in [0.25, 0.3) is 11.4 Å². The lowest BCUT2D eigenvalue weighted by atomic mass is 10.0. The predicted molar refractivity (Wildman–Crippen MR) is 112 cm³/mol. The maximum Gasteiger partial charge on any atom is 0.410 e. The third-order valence-electron chi connectivity index (χ3n) is 5.06. The minimum Gasteiger partial charge on any atom is -0.444 e. The minimum absolute atomic E-state index is 0.221. The van der Waals surface area contributed by atoms with Gasteiger partial charge in [0.05, 0.1) is 18.3 Å². The molecule has 2 atom stereocenters. The van der Waals surface area contributed by atoms with Gasteiger partial charge in [0.15, 0.2) is 11.6 Å². The van der Waals surface area contributed by atoms with Crippen molar-refractivity contribution in [3.05, 3.63) is 42.0 Å².